The van der Waals surface area contributed by atoms with E-state index in [4.69, 9.17) is 27.9 Å². The molecule has 0 bridgehead atoms. The van der Waals surface area contributed by atoms with Gasteiger partial charge in [0.25, 0.3) is 0 Å². The van der Waals surface area contributed by atoms with Crippen LogP contribution in [0.1, 0.15) is 42.9 Å². The summed E-state index contributed by atoms with van der Waals surface area (Å²) >= 11 is 12.2. The number of fused-ring (bicyclic) bond motifs is 1. The summed E-state index contributed by atoms with van der Waals surface area (Å²) in [5.74, 6) is 5.29. The largest absolute Gasteiger partial charge is 0.497 e. The lowest BCUT2D eigenvalue weighted by Crippen LogP contribution is -2.44. The first-order valence-corrected chi connectivity index (χ1v) is 12.7. The van der Waals surface area contributed by atoms with E-state index in [1.165, 1.54) is 18.3 Å². The first-order chi connectivity index (χ1) is 17.7. The van der Waals surface area contributed by atoms with Gasteiger partial charge in [-0.15, -0.1) is 0 Å². The van der Waals surface area contributed by atoms with Crippen LogP contribution in [0.2, 0.25) is 10.0 Å². The Bertz CT molecular complexity index is 1360. The van der Waals surface area contributed by atoms with Crippen LogP contribution in [0.3, 0.4) is 0 Å². The van der Waals surface area contributed by atoms with Crippen molar-refractivity contribution in [1.29, 1.82) is 0 Å². The Labute approximate surface area is 225 Å². The number of aliphatic hydroxyl groups excluding tert-OH is 1. The number of ether oxygens (including phenoxy) is 1. The Balaban J connectivity index is 1.41. The third-order valence-corrected chi connectivity index (χ3v) is 7.61. The number of pyridine rings is 1. The Kier molecular flexibility index (Phi) is 8.56. The molecule has 3 aromatic rings. The Hall–Kier alpha value is -2.89. The molecule has 2 heterocycles. The maximum Gasteiger partial charge on any atom is 0.309 e. The average molecular weight is 545 g/mol. The van der Waals surface area contributed by atoms with E-state index in [9.17, 15) is 19.4 Å². The summed E-state index contributed by atoms with van der Waals surface area (Å²) in [6.07, 6.45) is 1.98. The number of rotatable bonds is 7. The van der Waals surface area contributed by atoms with E-state index in [2.05, 4.69) is 21.7 Å². The van der Waals surface area contributed by atoms with Gasteiger partial charge in [0.15, 0.2) is 0 Å². The molecule has 1 aromatic heterocycles. The van der Waals surface area contributed by atoms with Gasteiger partial charge in [0.1, 0.15) is 11.6 Å². The number of carboxylic acid groups (broad SMARTS) is 1. The number of hydrogen-bond acceptors (Lipinski definition) is 5. The number of hydrogen-bond donors (Lipinski definition) is 2. The number of piperidine rings is 1. The van der Waals surface area contributed by atoms with E-state index in [0.29, 0.717) is 71.7 Å². The topological polar surface area (TPSA) is 82.9 Å². The number of benzene rings is 2. The second-order valence-corrected chi connectivity index (χ2v) is 10.1. The molecule has 2 N–H and O–H groups in total. The first-order valence-electron chi connectivity index (χ1n) is 11.9. The van der Waals surface area contributed by atoms with E-state index < -0.39 is 23.3 Å². The van der Waals surface area contributed by atoms with Crippen molar-refractivity contribution in [2.45, 2.75) is 31.8 Å². The summed E-state index contributed by atoms with van der Waals surface area (Å²) in [5, 5.41) is 22.2. The van der Waals surface area contributed by atoms with Gasteiger partial charge < -0.3 is 14.9 Å². The summed E-state index contributed by atoms with van der Waals surface area (Å²) in [6.45, 7) is 1.60. The third-order valence-electron chi connectivity index (χ3n) is 7.02. The van der Waals surface area contributed by atoms with Crippen LogP contribution in [0.4, 0.5) is 4.39 Å². The molecule has 4 rings (SSSR count). The van der Waals surface area contributed by atoms with Crippen LogP contribution in [-0.2, 0) is 4.79 Å². The molecule has 6 nitrogen and oxygen atoms in total. The van der Waals surface area contributed by atoms with E-state index in [1.54, 1.807) is 31.4 Å². The highest BCUT2D eigenvalue weighted by atomic mass is 35.5. The van der Waals surface area contributed by atoms with Gasteiger partial charge in [-0.25, -0.2) is 4.39 Å². The molecule has 1 saturated heterocycles. The summed E-state index contributed by atoms with van der Waals surface area (Å²) in [5.41, 5.74) is 0.879. The number of aromatic nitrogens is 1. The lowest BCUT2D eigenvalue weighted by atomic mass is 9.74. The molecule has 1 aliphatic heterocycles. The minimum Gasteiger partial charge on any atom is -0.497 e. The van der Waals surface area contributed by atoms with Gasteiger partial charge in [-0.3, -0.25) is 14.7 Å². The predicted molar refractivity (Wildman–Crippen MR) is 142 cm³/mol. The highest BCUT2D eigenvalue weighted by Gasteiger charge is 2.41. The zero-order valence-corrected chi connectivity index (χ0v) is 21.8. The van der Waals surface area contributed by atoms with Crippen molar-refractivity contribution < 1.29 is 24.1 Å². The van der Waals surface area contributed by atoms with E-state index in [-0.39, 0.29) is 11.4 Å². The van der Waals surface area contributed by atoms with Crippen LogP contribution in [-0.4, -0.2) is 52.8 Å². The number of nitrogens with zero attached hydrogens (tertiary/aromatic N) is 2. The fraction of sp³-hybridized carbons (Fsp3) is 0.357. The van der Waals surface area contributed by atoms with Gasteiger partial charge in [0, 0.05) is 35.8 Å². The SMILES string of the molecule is COc1ccc2ncc(Cl)c(C(O)CCC3(C(=O)O)CCN(CC#Cc4ccc(F)c(Cl)c4)CC3)c2c1. The second-order valence-electron chi connectivity index (χ2n) is 9.25. The monoisotopic (exact) mass is 544 g/mol. The van der Waals surface area contributed by atoms with Gasteiger partial charge in [0.2, 0.25) is 0 Å². The number of methoxy groups -OCH3 is 1. The van der Waals surface area contributed by atoms with Crippen LogP contribution in [0, 0.1) is 23.1 Å². The molecule has 1 aliphatic rings. The molecule has 1 unspecified atom stereocenters. The molecule has 0 radical (unpaired) electrons. The molecule has 1 fully saturated rings. The minimum absolute atomic E-state index is 0.0263. The molecule has 2 aromatic carbocycles. The van der Waals surface area contributed by atoms with Crippen LogP contribution >= 0.6 is 23.2 Å². The number of halogens is 3. The van der Waals surface area contributed by atoms with Crippen LogP contribution < -0.4 is 4.74 Å². The van der Waals surface area contributed by atoms with E-state index >= 15 is 0 Å². The van der Waals surface area contributed by atoms with Crippen molar-refractivity contribution in [3.8, 4) is 17.6 Å². The standard InChI is InChI=1S/C28H27Cl2FN2O4/c1-37-19-5-7-24-20(16-19)26(22(30)17-32-24)25(34)8-9-28(27(35)36)10-13-33(14-11-28)12-2-3-18-4-6-23(31)21(29)15-18/h4-7,15-17,25,34H,8-14H2,1H3,(H,35,36). The number of aliphatic hydroxyl groups is 1. The minimum atomic E-state index is -0.951. The molecule has 194 valence electrons. The molecule has 37 heavy (non-hydrogen) atoms. The lowest BCUT2D eigenvalue weighted by molar-refractivity contribution is -0.153. The average Bonchev–Trinajstić information content (AvgIpc) is 2.89. The van der Waals surface area contributed by atoms with Gasteiger partial charge in [0.05, 0.1) is 40.7 Å². The van der Waals surface area contributed by atoms with Gasteiger partial charge in [-0.2, -0.15) is 0 Å². The molecular weight excluding hydrogens is 518 g/mol. The molecule has 0 saturated carbocycles. The Morgan fingerprint density at radius 2 is 1.97 bits per heavy atom. The number of aliphatic carboxylic acids is 1. The normalized spacial score (nSPS) is 16.1. The van der Waals surface area contributed by atoms with Crippen LogP contribution in [0.15, 0.2) is 42.6 Å². The zero-order chi connectivity index (χ0) is 26.6. The van der Waals surface area contributed by atoms with Crippen molar-refractivity contribution in [3.05, 3.63) is 69.6 Å². The van der Waals surface area contributed by atoms with E-state index in [1.807, 2.05) is 0 Å². The quantitative estimate of drug-likeness (QED) is 0.370. The first kappa shape index (κ1) is 27.2. The van der Waals surface area contributed by atoms with Crippen LogP contribution in [0.5, 0.6) is 5.75 Å². The summed E-state index contributed by atoms with van der Waals surface area (Å²) < 4.78 is 18.6. The Morgan fingerprint density at radius 1 is 1.22 bits per heavy atom. The number of likely N-dealkylation sites (tertiary alicyclic amines) is 1. The fourth-order valence-corrected chi connectivity index (χ4v) is 5.19. The smallest absolute Gasteiger partial charge is 0.309 e. The molecule has 0 spiro atoms. The second kappa shape index (κ2) is 11.7. The highest BCUT2D eigenvalue weighted by Crippen LogP contribution is 2.41. The summed E-state index contributed by atoms with van der Waals surface area (Å²) in [4.78, 5) is 18.7. The van der Waals surface area contributed by atoms with Crippen molar-refractivity contribution in [1.82, 2.24) is 9.88 Å². The molecule has 9 heteroatoms. The highest BCUT2D eigenvalue weighted by molar-refractivity contribution is 6.32. The fourth-order valence-electron chi connectivity index (χ4n) is 4.73. The van der Waals surface area contributed by atoms with Crippen molar-refractivity contribution in [3.63, 3.8) is 0 Å². The summed E-state index contributed by atoms with van der Waals surface area (Å²) in [6, 6.07) is 9.68. The van der Waals surface area contributed by atoms with Crippen molar-refractivity contribution in [2.24, 2.45) is 5.41 Å². The zero-order valence-electron chi connectivity index (χ0n) is 20.3. The molecule has 0 amide bonds. The number of carboxylic acids is 1. The van der Waals surface area contributed by atoms with Gasteiger partial charge in [-0.05, 0) is 62.1 Å². The Morgan fingerprint density at radius 3 is 2.65 bits per heavy atom. The van der Waals surface area contributed by atoms with Crippen molar-refractivity contribution >= 4 is 40.1 Å². The van der Waals surface area contributed by atoms with Crippen molar-refractivity contribution in [2.75, 3.05) is 26.7 Å². The lowest BCUT2D eigenvalue weighted by Gasteiger charge is -2.38. The maximum absolute atomic E-state index is 13.3. The maximum atomic E-state index is 13.3. The van der Waals surface area contributed by atoms with E-state index in [0.717, 1.165) is 0 Å². The predicted octanol–water partition coefficient (Wildman–Crippen LogP) is 5.72. The van der Waals surface area contributed by atoms with Gasteiger partial charge >= 0.3 is 5.97 Å². The third kappa shape index (κ3) is 6.16. The van der Waals surface area contributed by atoms with Gasteiger partial charge in [-0.1, -0.05) is 35.0 Å². The molecular formula is C28H27Cl2FN2O4. The van der Waals surface area contributed by atoms with Crippen LogP contribution in [0.25, 0.3) is 10.9 Å². The summed E-state index contributed by atoms with van der Waals surface area (Å²) in [7, 11) is 1.56. The number of carbonyl (C=O) groups is 1. The molecule has 1 atom stereocenters. The molecule has 0 aliphatic carbocycles.